The van der Waals surface area contributed by atoms with Crippen LogP contribution in [0.1, 0.15) is 27.1 Å². The lowest BCUT2D eigenvalue weighted by molar-refractivity contribution is 0.0474. The number of ether oxygens (including phenoxy) is 1. The highest BCUT2D eigenvalue weighted by Crippen LogP contribution is 2.13. The third-order valence-corrected chi connectivity index (χ3v) is 4.98. The molecule has 0 aliphatic heterocycles. The fourth-order valence-corrected chi connectivity index (χ4v) is 3.09. The quantitative estimate of drug-likeness (QED) is 0.407. The van der Waals surface area contributed by atoms with E-state index in [1.165, 1.54) is 24.3 Å². The Morgan fingerprint density at radius 2 is 1.68 bits per heavy atom. The number of ketones is 1. The predicted molar refractivity (Wildman–Crippen MR) is 92.8 cm³/mol. The van der Waals surface area contributed by atoms with Gasteiger partial charge in [0, 0.05) is 18.5 Å². The van der Waals surface area contributed by atoms with Crippen molar-refractivity contribution in [2.24, 2.45) is 0 Å². The summed E-state index contributed by atoms with van der Waals surface area (Å²) in [5.74, 6) is -3.92. The van der Waals surface area contributed by atoms with Crippen LogP contribution in [0.4, 0.5) is 8.78 Å². The van der Waals surface area contributed by atoms with E-state index in [1.807, 2.05) is 0 Å². The first-order chi connectivity index (χ1) is 13.2. The minimum atomic E-state index is -3.82. The summed E-state index contributed by atoms with van der Waals surface area (Å²) in [6, 6.07) is 9.08. The van der Waals surface area contributed by atoms with Crippen LogP contribution < -0.4 is 4.72 Å². The van der Waals surface area contributed by atoms with E-state index in [-0.39, 0.29) is 29.0 Å². The minimum Gasteiger partial charge on any atom is -0.454 e. The number of esters is 1. The van der Waals surface area contributed by atoms with Crippen molar-refractivity contribution in [3.63, 3.8) is 0 Å². The molecule has 0 fully saturated rings. The Morgan fingerprint density at radius 3 is 2.29 bits per heavy atom. The Hall–Kier alpha value is -3.16. The van der Waals surface area contributed by atoms with Crippen molar-refractivity contribution in [1.82, 2.24) is 4.72 Å². The van der Waals surface area contributed by atoms with Crippen LogP contribution in [0.3, 0.4) is 0 Å². The van der Waals surface area contributed by atoms with Crippen molar-refractivity contribution in [1.29, 1.82) is 5.26 Å². The Kier molecular flexibility index (Phi) is 6.92. The molecule has 2 aromatic carbocycles. The molecule has 0 radical (unpaired) electrons. The van der Waals surface area contributed by atoms with E-state index in [0.29, 0.717) is 6.07 Å². The molecular weight excluding hydrogens is 394 g/mol. The molecule has 0 aliphatic rings. The number of carbonyl (C=O) groups excluding carboxylic acids is 2. The number of hydrogen-bond acceptors (Lipinski definition) is 6. The summed E-state index contributed by atoms with van der Waals surface area (Å²) in [7, 11) is -3.82. The second-order valence-corrected chi connectivity index (χ2v) is 7.23. The first kappa shape index (κ1) is 21.1. The molecule has 0 aromatic heterocycles. The van der Waals surface area contributed by atoms with Crippen LogP contribution in [0.5, 0.6) is 0 Å². The SMILES string of the molecule is N#CCCNS(=O)(=O)c1ccc(C(=O)OCC(=O)c2ccc(F)c(F)c2)cc1. The zero-order valence-electron chi connectivity index (χ0n) is 14.3. The maximum absolute atomic E-state index is 13.1. The third-order valence-electron chi connectivity index (χ3n) is 3.51. The molecule has 0 saturated heterocycles. The highest BCUT2D eigenvalue weighted by atomic mass is 32.2. The minimum absolute atomic E-state index is 0.00550. The highest BCUT2D eigenvalue weighted by Gasteiger charge is 2.16. The smallest absolute Gasteiger partial charge is 0.338 e. The largest absolute Gasteiger partial charge is 0.454 e. The maximum Gasteiger partial charge on any atom is 0.338 e. The molecule has 0 bridgehead atoms. The number of sulfonamides is 1. The maximum atomic E-state index is 13.1. The standard InChI is InChI=1S/C18H14F2N2O5S/c19-15-7-4-13(10-16(15)20)17(23)11-27-18(24)12-2-5-14(6-3-12)28(25,26)22-9-1-8-21/h2-7,10,22H,1,9,11H2. The van der Waals surface area contributed by atoms with E-state index in [2.05, 4.69) is 4.72 Å². The Balaban J connectivity index is 1.98. The molecule has 146 valence electrons. The lowest BCUT2D eigenvalue weighted by atomic mass is 10.1. The van der Waals surface area contributed by atoms with Gasteiger partial charge in [0.05, 0.1) is 16.5 Å². The van der Waals surface area contributed by atoms with Gasteiger partial charge in [-0.2, -0.15) is 5.26 Å². The van der Waals surface area contributed by atoms with Gasteiger partial charge in [-0.05, 0) is 42.5 Å². The second-order valence-electron chi connectivity index (χ2n) is 5.46. The molecule has 10 heteroatoms. The summed E-state index contributed by atoms with van der Waals surface area (Å²) in [6.45, 7) is -0.742. The van der Waals surface area contributed by atoms with Crippen molar-refractivity contribution in [3.8, 4) is 6.07 Å². The van der Waals surface area contributed by atoms with Gasteiger partial charge in [-0.1, -0.05) is 0 Å². The van der Waals surface area contributed by atoms with Gasteiger partial charge in [-0.15, -0.1) is 0 Å². The normalized spacial score (nSPS) is 10.9. The van der Waals surface area contributed by atoms with E-state index < -0.39 is 40.0 Å². The number of halogens is 2. The third kappa shape index (κ3) is 5.42. The van der Waals surface area contributed by atoms with Gasteiger partial charge in [-0.25, -0.2) is 26.7 Å². The molecule has 0 amide bonds. The summed E-state index contributed by atoms with van der Waals surface area (Å²) in [5, 5.41) is 8.42. The lowest BCUT2D eigenvalue weighted by Crippen LogP contribution is -2.24. The summed E-state index contributed by atoms with van der Waals surface area (Å²) in [5.41, 5.74) is -0.161. The molecule has 0 unspecified atom stereocenters. The van der Waals surface area contributed by atoms with Crippen LogP contribution in [0.25, 0.3) is 0 Å². The molecule has 7 nitrogen and oxygen atoms in total. The van der Waals surface area contributed by atoms with E-state index in [0.717, 1.165) is 12.1 Å². The van der Waals surface area contributed by atoms with Crippen molar-refractivity contribution in [2.75, 3.05) is 13.2 Å². The van der Waals surface area contributed by atoms with Crippen LogP contribution in [0.15, 0.2) is 47.4 Å². The van der Waals surface area contributed by atoms with E-state index in [4.69, 9.17) is 10.00 Å². The average Bonchev–Trinajstić information content (AvgIpc) is 2.68. The zero-order chi connectivity index (χ0) is 20.7. The number of nitrogens with zero attached hydrogens (tertiary/aromatic N) is 1. The fraction of sp³-hybridized carbons (Fsp3) is 0.167. The summed E-state index contributed by atoms with van der Waals surface area (Å²) < 4.78 is 57.0. The summed E-state index contributed by atoms with van der Waals surface area (Å²) in [4.78, 5) is 23.7. The Labute approximate surface area is 159 Å². The van der Waals surface area contributed by atoms with E-state index in [1.54, 1.807) is 6.07 Å². The fourth-order valence-electron chi connectivity index (χ4n) is 2.06. The Morgan fingerprint density at radius 1 is 1.04 bits per heavy atom. The Bertz CT molecular complexity index is 1030. The molecule has 28 heavy (non-hydrogen) atoms. The lowest BCUT2D eigenvalue weighted by Gasteiger charge is -2.07. The molecule has 1 N–H and O–H groups in total. The van der Waals surface area contributed by atoms with Crippen LogP contribution in [-0.4, -0.2) is 33.3 Å². The molecule has 0 spiro atoms. The van der Waals surface area contributed by atoms with Gasteiger partial charge < -0.3 is 4.74 Å². The number of nitrogens with one attached hydrogen (secondary N) is 1. The van der Waals surface area contributed by atoms with Crippen LogP contribution in [0.2, 0.25) is 0 Å². The van der Waals surface area contributed by atoms with Gasteiger partial charge in [0.2, 0.25) is 10.0 Å². The van der Waals surface area contributed by atoms with Crippen molar-refractivity contribution >= 4 is 21.8 Å². The zero-order valence-corrected chi connectivity index (χ0v) is 15.1. The molecule has 2 rings (SSSR count). The molecule has 2 aromatic rings. The van der Waals surface area contributed by atoms with Gasteiger partial charge >= 0.3 is 5.97 Å². The van der Waals surface area contributed by atoms with E-state index in [9.17, 15) is 26.8 Å². The van der Waals surface area contributed by atoms with Gasteiger partial charge in [0.15, 0.2) is 24.0 Å². The van der Waals surface area contributed by atoms with Crippen LogP contribution in [0, 0.1) is 23.0 Å². The monoisotopic (exact) mass is 408 g/mol. The number of Topliss-reactive ketones (excluding diaryl/α,β-unsaturated/α-hetero) is 1. The van der Waals surface area contributed by atoms with Gasteiger partial charge in [-0.3, -0.25) is 4.79 Å². The van der Waals surface area contributed by atoms with Crippen molar-refractivity contribution in [3.05, 3.63) is 65.2 Å². The van der Waals surface area contributed by atoms with E-state index >= 15 is 0 Å². The van der Waals surface area contributed by atoms with Crippen molar-refractivity contribution < 1.29 is 31.5 Å². The number of carbonyl (C=O) groups is 2. The molecule has 0 heterocycles. The second kappa shape index (κ2) is 9.16. The number of hydrogen-bond donors (Lipinski definition) is 1. The van der Waals surface area contributed by atoms with Crippen LogP contribution >= 0.6 is 0 Å². The topological polar surface area (TPSA) is 113 Å². The molecule has 0 atom stereocenters. The molecular formula is C18H14F2N2O5S. The van der Waals surface area contributed by atoms with Crippen LogP contribution in [-0.2, 0) is 14.8 Å². The number of rotatable bonds is 8. The number of benzene rings is 2. The molecule has 0 saturated carbocycles. The summed E-state index contributed by atoms with van der Waals surface area (Å²) >= 11 is 0. The summed E-state index contributed by atoms with van der Waals surface area (Å²) in [6.07, 6.45) is 0.00955. The first-order valence-electron chi connectivity index (χ1n) is 7.86. The van der Waals surface area contributed by atoms with Crippen molar-refractivity contribution in [2.45, 2.75) is 11.3 Å². The number of nitriles is 1. The first-order valence-corrected chi connectivity index (χ1v) is 9.35. The molecule has 0 aliphatic carbocycles. The highest BCUT2D eigenvalue weighted by molar-refractivity contribution is 7.89. The predicted octanol–water partition coefficient (Wildman–Crippen LogP) is 2.20. The van der Waals surface area contributed by atoms with Gasteiger partial charge in [0.25, 0.3) is 0 Å². The van der Waals surface area contributed by atoms with Gasteiger partial charge in [0.1, 0.15) is 0 Å². The average molecular weight is 408 g/mol.